The highest BCUT2D eigenvalue weighted by atomic mass is 35.5. The van der Waals surface area contributed by atoms with Crippen molar-refractivity contribution in [3.63, 3.8) is 0 Å². The monoisotopic (exact) mass is 290 g/mol. The number of fused-ring (bicyclic) bond motifs is 1. The van der Waals surface area contributed by atoms with E-state index in [4.69, 9.17) is 16.7 Å². The topological polar surface area (TPSA) is 115 Å². The first-order valence-electron chi connectivity index (χ1n) is 4.98. The molecule has 0 unspecified atom stereocenters. The van der Waals surface area contributed by atoms with Crippen molar-refractivity contribution in [3.8, 4) is 0 Å². The molecule has 18 heavy (non-hydrogen) atoms. The van der Waals surface area contributed by atoms with Crippen LogP contribution in [0.15, 0.2) is 6.33 Å². The number of nitrogens with two attached hydrogens (primary N) is 1. The molecule has 0 radical (unpaired) electrons. The highest BCUT2D eigenvalue weighted by Crippen LogP contribution is 2.21. The van der Waals surface area contributed by atoms with E-state index in [0.717, 1.165) is 0 Å². The Kier molecular flexibility index (Phi) is 3.37. The first-order chi connectivity index (χ1) is 8.38. The molecule has 3 N–H and O–H groups in total. The smallest absolute Gasteiger partial charge is 0.255 e. The summed E-state index contributed by atoms with van der Waals surface area (Å²) in [5.41, 5.74) is 0.657. The Morgan fingerprint density at radius 3 is 2.94 bits per heavy atom. The Morgan fingerprint density at radius 2 is 2.28 bits per heavy atom. The van der Waals surface area contributed by atoms with Crippen molar-refractivity contribution in [2.45, 2.75) is 6.92 Å². The van der Waals surface area contributed by atoms with E-state index in [0.29, 0.717) is 17.2 Å². The van der Waals surface area contributed by atoms with Crippen molar-refractivity contribution in [2.75, 3.05) is 17.6 Å². The van der Waals surface area contributed by atoms with Crippen molar-refractivity contribution in [1.82, 2.24) is 19.6 Å². The van der Waals surface area contributed by atoms with E-state index in [1.165, 1.54) is 10.8 Å². The zero-order valence-corrected chi connectivity index (χ0v) is 11.0. The van der Waals surface area contributed by atoms with E-state index in [2.05, 4.69) is 20.4 Å². The second-order valence-corrected chi connectivity index (χ2v) is 5.73. The van der Waals surface area contributed by atoms with Gasteiger partial charge >= 0.3 is 0 Å². The van der Waals surface area contributed by atoms with Gasteiger partial charge in [0.2, 0.25) is 10.0 Å². The Labute approximate surface area is 108 Å². The summed E-state index contributed by atoms with van der Waals surface area (Å²) in [5.74, 6) is 0.692. The first-order valence-corrected chi connectivity index (χ1v) is 7.08. The molecule has 0 fully saturated rings. The lowest BCUT2D eigenvalue weighted by atomic mass is 10.3. The van der Waals surface area contributed by atoms with Crippen LogP contribution >= 0.6 is 11.6 Å². The molecule has 0 aliphatic heterocycles. The minimum absolute atomic E-state index is 0.148. The SMILES string of the molecule is Cc1c(Cl)nc2ncnn2c1NCCS(N)(=O)=O. The van der Waals surface area contributed by atoms with Gasteiger partial charge in [-0.3, -0.25) is 0 Å². The summed E-state index contributed by atoms with van der Waals surface area (Å²) < 4.78 is 23.2. The zero-order chi connectivity index (χ0) is 13.3. The van der Waals surface area contributed by atoms with Crippen LogP contribution in [0.1, 0.15) is 5.56 Å². The first kappa shape index (κ1) is 13.0. The van der Waals surface area contributed by atoms with E-state index in [-0.39, 0.29) is 17.5 Å². The van der Waals surface area contributed by atoms with Gasteiger partial charge in [-0.2, -0.15) is 19.6 Å². The van der Waals surface area contributed by atoms with Crippen LogP contribution in [0.3, 0.4) is 0 Å². The fourth-order valence-corrected chi connectivity index (χ4v) is 1.97. The van der Waals surface area contributed by atoms with Gasteiger partial charge in [0.25, 0.3) is 5.78 Å². The molecule has 0 aliphatic rings. The third-order valence-corrected chi connectivity index (χ3v) is 3.42. The summed E-state index contributed by atoms with van der Waals surface area (Å²) in [4.78, 5) is 7.94. The minimum Gasteiger partial charge on any atom is -0.369 e. The van der Waals surface area contributed by atoms with Crippen LogP contribution in [-0.2, 0) is 10.0 Å². The van der Waals surface area contributed by atoms with Gasteiger partial charge in [0.1, 0.15) is 17.3 Å². The van der Waals surface area contributed by atoms with Crippen molar-refractivity contribution in [3.05, 3.63) is 17.0 Å². The maximum atomic E-state index is 10.9. The largest absolute Gasteiger partial charge is 0.369 e. The van der Waals surface area contributed by atoms with Gasteiger partial charge in [0, 0.05) is 12.1 Å². The van der Waals surface area contributed by atoms with Crippen LogP contribution in [-0.4, -0.2) is 40.3 Å². The molecule has 2 rings (SSSR count). The number of hydrogen-bond acceptors (Lipinski definition) is 6. The number of sulfonamides is 1. The number of rotatable bonds is 4. The Hall–Kier alpha value is -1.45. The molecule has 2 heterocycles. The number of primary sulfonamides is 1. The number of halogens is 1. The normalized spacial score (nSPS) is 11.9. The molecule has 8 nitrogen and oxygen atoms in total. The fourth-order valence-electron chi connectivity index (χ4n) is 1.42. The van der Waals surface area contributed by atoms with E-state index >= 15 is 0 Å². The molecule has 0 saturated carbocycles. The van der Waals surface area contributed by atoms with Crippen LogP contribution in [0.5, 0.6) is 0 Å². The molecule has 0 atom stereocenters. The van der Waals surface area contributed by atoms with Crippen molar-refractivity contribution in [1.29, 1.82) is 0 Å². The van der Waals surface area contributed by atoms with Gasteiger partial charge in [0.15, 0.2) is 0 Å². The molecule has 2 aromatic heterocycles. The average molecular weight is 291 g/mol. The molecule has 10 heteroatoms. The predicted molar refractivity (Wildman–Crippen MR) is 67.0 cm³/mol. The van der Waals surface area contributed by atoms with Gasteiger partial charge < -0.3 is 5.32 Å². The lowest BCUT2D eigenvalue weighted by Crippen LogP contribution is -2.23. The maximum absolute atomic E-state index is 10.9. The van der Waals surface area contributed by atoms with Crippen LogP contribution in [0, 0.1) is 6.92 Å². The predicted octanol–water partition coefficient (Wildman–Crippen LogP) is -0.213. The Balaban J connectivity index is 2.31. The summed E-state index contributed by atoms with van der Waals surface area (Å²) >= 11 is 5.94. The summed E-state index contributed by atoms with van der Waals surface area (Å²) in [6.07, 6.45) is 1.34. The maximum Gasteiger partial charge on any atom is 0.255 e. The van der Waals surface area contributed by atoms with Crippen LogP contribution in [0.4, 0.5) is 5.82 Å². The average Bonchev–Trinajstić information content (AvgIpc) is 2.69. The minimum atomic E-state index is -3.51. The van der Waals surface area contributed by atoms with Crippen molar-refractivity contribution in [2.24, 2.45) is 5.14 Å². The number of aromatic nitrogens is 4. The second-order valence-electron chi connectivity index (χ2n) is 3.64. The quantitative estimate of drug-likeness (QED) is 0.753. The van der Waals surface area contributed by atoms with Crippen LogP contribution < -0.4 is 10.5 Å². The summed E-state index contributed by atoms with van der Waals surface area (Å²) in [7, 11) is -3.51. The summed E-state index contributed by atoms with van der Waals surface area (Å²) in [6, 6.07) is 0. The highest BCUT2D eigenvalue weighted by molar-refractivity contribution is 7.89. The molecule has 2 aromatic rings. The number of nitrogens with zero attached hydrogens (tertiary/aromatic N) is 4. The number of nitrogens with one attached hydrogen (secondary N) is 1. The Morgan fingerprint density at radius 1 is 1.56 bits per heavy atom. The lowest BCUT2D eigenvalue weighted by molar-refractivity contribution is 0.598. The number of anilines is 1. The lowest BCUT2D eigenvalue weighted by Gasteiger charge is -2.10. The third-order valence-electron chi connectivity index (χ3n) is 2.28. The fraction of sp³-hybridized carbons (Fsp3) is 0.375. The van der Waals surface area contributed by atoms with Gasteiger partial charge in [-0.1, -0.05) is 11.6 Å². The van der Waals surface area contributed by atoms with Crippen LogP contribution in [0.25, 0.3) is 5.78 Å². The molecular weight excluding hydrogens is 280 g/mol. The molecule has 0 bridgehead atoms. The van der Waals surface area contributed by atoms with Crippen molar-refractivity contribution >= 4 is 33.2 Å². The Bertz CT molecular complexity index is 682. The molecule has 0 amide bonds. The van der Waals surface area contributed by atoms with E-state index in [1.54, 1.807) is 6.92 Å². The van der Waals surface area contributed by atoms with Gasteiger partial charge in [-0.05, 0) is 6.92 Å². The van der Waals surface area contributed by atoms with E-state index < -0.39 is 10.0 Å². The van der Waals surface area contributed by atoms with Gasteiger partial charge in [-0.25, -0.2) is 13.6 Å². The molecule has 0 aliphatic carbocycles. The molecule has 0 aromatic carbocycles. The standard InChI is InChI=1S/C8H11ClN6O2S/c1-5-6(9)14-8-12-4-13-15(8)7(5)11-2-3-18(10,16)17/h4,11H,2-3H2,1H3,(H2,10,16,17). The number of hydrogen-bond donors (Lipinski definition) is 2. The summed E-state index contributed by atoms with van der Waals surface area (Å²) in [6.45, 7) is 1.89. The molecule has 0 spiro atoms. The highest BCUT2D eigenvalue weighted by Gasteiger charge is 2.12. The van der Waals surface area contributed by atoms with Crippen LogP contribution in [0.2, 0.25) is 5.15 Å². The van der Waals surface area contributed by atoms with Gasteiger partial charge in [-0.15, -0.1) is 0 Å². The molecule has 0 saturated heterocycles. The van der Waals surface area contributed by atoms with Crippen molar-refractivity contribution < 1.29 is 8.42 Å². The van der Waals surface area contributed by atoms with Gasteiger partial charge in [0.05, 0.1) is 5.75 Å². The zero-order valence-electron chi connectivity index (χ0n) is 9.46. The molecule has 98 valence electrons. The van der Waals surface area contributed by atoms with E-state index in [9.17, 15) is 8.42 Å². The molecular formula is C8H11ClN6O2S. The third kappa shape index (κ3) is 2.68. The second kappa shape index (κ2) is 4.67. The van der Waals surface area contributed by atoms with E-state index in [1.807, 2.05) is 0 Å². The summed E-state index contributed by atoms with van der Waals surface area (Å²) in [5, 5.41) is 12.1.